The van der Waals surface area contributed by atoms with Crippen molar-refractivity contribution >= 4 is 11.9 Å². The van der Waals surface area contributed by atoms with Crippen LogP contribution in [0.3, 0.4) is 0 Å². The number of aromatic amines is 1. The Morgan fingerprint density at radius 1 is 1.25 bits per heavy atom. The van der Waals surface area contributed by atoms with Crippen molar-refractivity contribution in [1.82, 2.24) is 10.3 Å². The van der Waals surface area contributed by atoms with Gasteiger partial charge in [0.2, 0.25) is 0 Å². The number of rotatable bonds is 7. The fourth-order valence-electron chi connectivity index (χ4n) is 2.00. The topological polar surface area (TPSA) is 99.3 Å². The predicted molar refractivity (Wildman–Crippen MR) is 75.0 cm³/mol. The molecule has 1 heterocycles. The number of H-pyrrole nitrogens is 1. The molecule has 0 unspecified atom stereocenters. The molecular formula is C14H20N2O4. The molecule has 0 radical (unpaired) electrons. The van der Waals surface area contributed by atoms with Crippen molar-refractivity contribution in [3.05, 3.63) is 33.2 Å². The Morgan fingerprint density at radius 2 is 1.95 bits per heavy atom. The van der Waals surface area contributed by atoms with E-state index in [4.69, 9.17) is 5.11 Å². The maximum atomic E-state index is 11.9. The minimum absolute atomic E-state index is 0.140. The third-order valence-corrected chi connectivity index (χ3v) is 2.95. The molecule has 0 aliphatic heterocycles. The number of unbranched alkanes of at least 4 members (excludes halogenated alkanes) is 2. The van der Waals surface area contributed by atoms with Gasteiger partial charge < -0.3 is 15.4 Å². The van der Waals surface area contributed by atoms with Crippen LogP contribution in [0.1, 0.15) is 47.3 Å². The molecule has 1 amide bonds. The van der Waals surface area contributed by atoms with Gasteiger partial charge in [0.05, 0.1) is 0 Å². The molecular weight excluding hydrogens is 260 g/mol. The highest BCUT2D eigenvalue weighted by molar-refractivity contribution is 5.95. The number of amides is 1. The fraction of sp³-hybridized carbons (Fsp3) is 0.500. The van der Waals surface area contributed by atoms with E-state index < -0.39 is 5.97 Å². The van der Waals surface area contributed by atoms with Crippen LogP contribution in [0.5, 0.6) is 0 Å². The minimum atomic E-state index is -0.809. The summed E-state index contributed by atoms with van der Waals surface area (Å²) in [5.41, 5.74) is 1.12. The molecule has 0 saturated heterocycles. The van der Waals surface area contributed by atoms with E-state index in [0.717, 1.165) is 12.1 Å². The highest BCUT2D eigenvalue weighted by Crippen LogP contribution is 2.04. The number of aromatic nitrogens is 1. The molecule has 0 bridgehead atoms. The van der Waals surface area contributed by atoms with Crippen molar-refractivity contribution in [1.29, 1.82) is 0 Å². The lowest BCUT2D eigenvalue weighted by atomic mass is 10.1. The summed E-state index contributed by atoms with van der Waals surface area (Å²) in [5.74, 6) is -1.20. The van der Waals surface area contributed by atoms with E-state index >= 15 is 0 Å². The van der Waals surface area contributed by atoms with E-state index in [0.29, 0.717) is 24.9 Å². The molecule has 1 aromatic rings. The molecule has 0 saturated carbocycles. The van der Waals surface area contributed by atoms with Gasteiger partial charge in [-0.1, -0.05) is 6.42 Å². The first-order valence-corrected chi connectivity index (χ1v) is 6.62. The van der Waals surface area contributed by atoms with E-state index in [1.807, 2.05) is 0 Å². The van der Waals surface area contributed by atoms with Gasteiger partial charge in [-0.15, -0.1) is 0 Å². The minimum Gasteiger partial charge on any atom is -0.481 e. The van der Waals surface area contributed by atoms with Crippen LogP contribution < -0.4 is 10.9 Å². The third kappa shape index (κ3) is 4.87. The summed E-state index contributed by atoms with van der Waals surface area (Å²) in [7, 11) is 0. The predicted octanol–water partition coefficient (Wildman–Crippen LogP) is 1.37. The molecule has 0 aliphatic rings. The summed E-state index contributed by atoms with van der Waals surface area (Å²) in [6.07, 6.45) is 2.16. The van der Waals surface area contributed by atoms with Gasteiger partial charge in [-0.05, 0) is 38.3 Å². The lowest BCUT2D eigenvalue weighted by Crippen LogP contribution is -2.31. The van der Waals surface area contributed by atoms with Gasteiger partial charge in [0.25, 0.3) is 11.5 Å². The molecule has 110 valence electrons. The van der Waals surface area contributed by atoms with Gasteiger partial charge in [0.15, 0.2) is 0 Å². The van der Waals surface area contributed by atoms with Crippen LogP contribution in [0.4, 0.5) is 0 Å². The average molecular weight is 280 g/mol. The lowest BCUT2D eigenvalue weighted by Gasteiger charge is -2.07. The zero-order chi connectivity index (χ0) is 15.1. The normalized spacial score (nSPS) is 10.3. The SMILES string of the molecule is Cc1cc(C)c(C(=O)NCCCCCC(=O)O)c(=O)[nH]1. The Bertz CT molecular complexity index is 549. The highest BCUT2D eigenvalue weighted by atomic mass is 16.4. The first-order valence-electron chi connectivity index (χ1n) is 6.62. The number of aliphatic carboxylic acids is 1. The summed E-state index contributed by atoms with van der Waals surface area (Å²) in [4.78, 5) is 36.6. The van der Waals surface area contributed by atoms with Gasteiger partial charge in [-0.25, -0.2) is 0 Å². The van der Waals surface area contributed by atoms with E-state index in [2.05, 4.69) is 10.3 Å². The number of nitrogens with one attached hydrogen (secondary N) is 2. The maximum absolute atomic E-state index is 11.9. The fourth-order valence-corrected chi connectivity index (χ4v) is 2.00. The zero-order valence-electron chi connectivity index (χ0n) is 11.8. The first kappa shape index (κ1) is 15.9. The van der Waals surface area contributed by atoms with Crippen molar-refractivity contribution in [2.75, 3.05) is 6.54 Å². The molecule has 6 nitrogen and oxygen atoms in total. The number of pyridine rings is 1. The molecule has 0 aliphatic carbocycles. The second-order valence-electron chi connectivity index (χ2n) is 4.80. The van der Waals surface area contributed by atoms with E-state index in [1.54, 1.807) is 19.9 Å². The first-order chi connectivity index (χ1) is 9.41. The summed E-state index contributed by atoms with van der Waals surface area (Å²) >= 11 is 0. The van der Waals surface area contributed by atoms with Gasteiger partial charge in [-0.2, -0.15) is 0 Å². The average Bonchev–Trinajstić information content (AvgIpc) is 2.31. The molecule has 1 rings (SSSR count). The number of hydrogen-bond acceptors (Lipinski definition) is 3. The summed E-state index contributed by atoms with van der Waals surface area (Å²) < 4.78 is 0. The lowest BCUT2D eigenvalue weighted by molar-refractivity contribution is -0.137. The Balaban J connectivity index is 2.44. The quantitative estimate of drug-likeness (QED) is 0.657. The van der Waals surface area contributed by atoms with E-state index in [1.165, 1.54) is 0 Å². The van der Waals surface area contributed by atoms with Crippen molar-refractivity contribution in [2.45, 2.75) is 39.5 Å². The molecule has 6 heteroatoms. The van der Waals surface area contributed by atoms with Crippen LogP contribution in [0.25, 0.3) is 0 Å². The Kier molecular flexibility index (Phi) is 5.96. The van der Waals surface area contributed by atoms with Gasteiger partial charge in [-0.3, -0.25) is 14.4 Å². The highest BCUT2D eigenvalue weighted by Gasteiger charge is 2.13. The van der Waals surface area contributed by atoms with Crippen molar-refractivity contribution < 1.29 is 14.7 Å². The molecule has 0 aromatic carbocycles. The Labute approximate surface area is 117 Å². The van der Waals surface area contributed by atoms with Crippen LogP contribution >= 0.6 is 0 Å². The molecule has 0 spiro atoms. The smallest absolute Gasteiger partial charge is 0.303 e. The van der Waals surface area contributed by atoms with Crippen molar-refractivity contribution in [3.8, 4) is 0 Å². The Morgan fingerprint density at radius 3 is 2.55 bits per heavy atom. The number of hydrogen-bond donors (Lipinski definition) is 3. The number of carbonyl (C=O) groups is 2. The second kappa shape index (κ2) is 7.47. The number of carboxylic acid groups (broad SMARTS) is 1. The summed E-state index contributed by atoms with van der Waals surface area (Å²) in [6, 6.07) is 1.75. The maximum Gasteiger partial charge on any atom is 0.303 e. The van der Waals surface area contributed by atoms with Crippen LogP contribution in [0.2, 0.25) is 0 Å². The van der Waals surface area contributed by atoms with Gasteiger partial charge in [0, 0.05) is 18.7 Å². The van der Waals surface area contributed by atoms with E-state index in [-0.39, 0.29) is 23.5 Å². The summed E-state index contributed by atoms with van der Waals surface area (Å²) in [5, 5.41) is 11.2. The van der Waals surface area contributed by atoms with Crippen LogP contribution in [-0.2, 0) is 4.79 Å². The molecule has 3 N–H and O–H groups in total. The monoisotopic (exact) mass is 280 g/mol. The third-order valence-electron chi connectivity index (χ3n) is 2.95. The summed E-state index contributed by atoms with van der Waals surface area (Å²) in [6.45, 7) is 3.92. The number of carbonyl (C=O) groups excluding carboxylic acids is 1. The van der Waals surface area contributed by atoms with Crippen LogP contribution in [0.15, 0.2) is 10.9 Å². The zero-order valence-corrected chi connectivity index (χ0v) is 11.8. The Hall–Kier alpha value is -2.11. The molecule has 1 aromatic heterocycles. The van der Waals surface area contributed by atoms with Gasteiger partial charge in [0.1, 0.15) is 5.56 Å². The molecule has 0 fully saturated rings. The second-order valence-corrected chi connectivity index (χ2v) is 4.80. The van der Waals surface area contributed by atoms with Crippen LogP contribution in [-0.4, -0.2) is 28.5 Å². The van der Waals surface area contributed by atoms with Gasteiger partial charge >= 0.3 is 5.97 Å². The molecule has 0 atom stereocenters. The number of carboxylic acids is 1. The van der Waals surface area contributed by atoms with Crippen molar-refractivity contribution in [2.24, 2.45) is 0 Å². The van der Waals surface area contributed by atoms with E-state index in [9.17, 15) is 14.4 Å². The molecule has 20 heavy (non-hydrogen) atoms. The standard InChI is InChI=1S/C14H20N2O4/c1-9-8-10(2)16-14(20)12(9)13(19)15-7-5-3-4-6-11(17)18/h8H,3-7H2,1-2H3,(H,15,19)(H,16,20)(H,17,18). The number of aryl methyl sites for hydroxylation is 2. The largest absolute Gasteiger partial charge is 0.481 e. The van der Waals surface area contributed by atoms with Crippen molar-refractivity contribution in [3.63, 3.8) is 0 Å². The van der Waals surface area contributed by atoms with Crippen LogP contribution in [0, 0.1) is 13.8 Å².